The Hall–Kier alpha value is -1.88. The van der Waals surface area contributed by atoms with Crippen LogP contribution >= 0.6 is 0 Å². The van der Waals surface area contributed by atoms with Crippen molar-refractivity contribution in [2.75, 3.05) is 25.5 Å². The molecule has 1 aromatic carbocycles. The Morgan fingerprint density at radius 3 is 2.74 bits per heavy atom. The van der Waals surface area contributed by atoms with Gasteiger partial charge < -0.3 is 16.0 Å². The molecule has 104 valence electrons. The Labute approximate surface area is 113 Å². The number of anilines is 1. The fourth-order valence-electron chi connectivity index (χ4n) is 1.58. The molecule has 5 heteroatoms. The van der Waals surface area contributed by atoms with Crippen LogP contribution in [0.4, 0.5) is 5.69 Å². The molecule has 0 unspecified atom stereocenters. The maximum atomic E-state index is 11.8. The maximum absolute atomic E-state index is 11.8. The highest BCUT2D eigenvalue weighted by Crippen LogP contribution is 2.10. The molecule has 0 aliphatic carbocycles. The SMILES string of the molecule is CCCCNC(=O)c1cccc(NC(=O)CNC)c1. The van der Waals surface area contributed by atoms with Gasteiger partial charge in [-0.1, -0.05) is 19.4 Å². The van der Waals surface area contributed by atoms with E-state index in [1.807, 2.05) is 0 Å². The van der Waals surface area contributed by atoms with Crippen molar-refractivity contribution in [2.45, 2.75) is 19.8 Å². The van der Waals surface area contributed by atoms with E-state index in [4.69, 9.17) is 0 Å². The lowest BCUT2D eigenvalue weighted by Crippen LogP contribution is -2.26. The van der Waals surface area contributed by atoms with E-state index in [0.717, 1.165) is 12.8 Å². The van der Waals surface area contributed by atoms with Crippen molar-refractivity contribution in [3.05, 3.63) is 29.8 Å². The molecule has 0 bridgehead atoms. The summed E-state index contributed by atoms with van der Waals surface area (Å²) in [6.07, 6.45) is 2.00. The number of carbonyl (C=O) groups excluding carboxylic acids is 2. The molecule has 3 N–H and O–H groups in total. The molecule has 2 amide bonds. The predicted octanol–water partition coefficient (Wildman–Crippen LogP) is 1.37. The van der Waals surface area contributed by atoms with Gasteiger partial charge in [0.05, 0.1) is 6.54 Å². The summed E-state index contributed by atoms with van der Waals surface area (Å²) in [6.45, 7) is 2.99. The average Bonchev–Trinajstić information content (AvgIpc) is 2.39. The molecular formula is C14H21N3O2. The predicted molar refractivity (Wildman–Crippen MR) is 76.2 cm³/mol. The third-order valence-corrected chi connectivity index (χ3v) is 2.56. The lowest BCUT2D eigenvalue weighted by Gasteiger charge is -2.08. The van der Waals surface area contributed by atoms with Crippen LogP contribution < -0.4 is 16.0 Å². The van der Waals surface area contributed by atoms with Gasteiger partial charge >= 0.3 is 0 Å². The van der Waals surface area contributed by atoms with Gasteiger partial charge in [-0.15, -0.1) is 0 Å². The van der Waals surface area contributed by atoms with Crippen molar-refractivity contribution < 1.29 is 9.59 Å². The zero-order valence-electron chi connectivity index (χ0n) is 11.5. The summed E-state index contributed by atoms with van der Waals surface area (Å²) in [6, 6.07) is 6.92. The van der Waals surface area contributed by atoms with Crippen LogP contribution in [0.1, 0.15) is 30.1 Å². The third-order valence-electron chi connectivity index (χ3n) is 2.56. The first-order valence-corrected chi connectivity index (χ1v) is 6.50. The van der Waals surface area contributed by atoms with Gasteiger partial charge in [0.1, 0.15) is 0 Å². The third kappa shape index (κ3) is 5.52. The number of hydrogen-bond acceptors (Lipinski definition) is 3. The molecule has 0 aliphatic rings. The molecule has 0 heterocycles. The summed E-state index contributed by atoms with van der Waals surface area (Å²) in [5.74, 6) is -0.246. The molecule has 0 saturated heterocycles. The number of rotatable bonds is 7. The minimum atomic E-state index is -0.133. The van der Waals surface area contributed by atoms with E-state index >= 15 is 0 Å². The summed E-state index contributed by atoms with van der Waals surface area (Å²) in [7, 11) is 1.71. The van der Waals surface area contributed by atoms with E-state index in [1.54, 1.807) is 31.3 Å². The second-order valence-corrected chi connectivity index (χ2v) is 4.27. The van der Waals surface area contributed by atoms with E-state index in [2.05, 4.69) is 22.9 Å². The van der Waals surface area contributed by atoms with Crippen molar-refractivity contribution in [3.63, 3.8) is 0 Å². The van der Waals surface area contributed by atoms with E-state index in [9.17, 15) is 9.59 Å². The van der Waals surface area contributed by atoms with Crippen LogP contribution in [0, 0.1) is 0 Å². The molecule has 0 fully saturated rings. The van der Waals surface area contributed by atoms with Gasteiger partial charge in [-0.05, 0) is 31.7 Å². The van der Waals surface area contributed by atoms with E-state index in [1.165, 1.54) is 0 Å². The first-order valence-electron chi connectivity index (χ1n) is 6.50. The highest BCUT2D eigenvalue weighted by atomic mass is 16.2. The van der Waals surface area contributed by atoms with Gasteiger partial charge in [0.15, 0.2) is 0 Å². The lowest BCUT2D eigenvalue weighted by molar-refractivity contribution is -0.115. The first-order chi connectivity index (χ1) is 9.17. The van der Waals surface area contributed by atoms with Crippen molar-refractivity contribution in [3.8, 4) is 0 Å². The Bertz CT molecular complexity index is 432. The molecular weight excluding hydrogens is 242 g/mol. The number of carbonyl (C=O) groups is 2. The van der Waals surface area contributed by atoms with Crippen molar-refractivity contribution in [2.24, 2.45) is 0 Å². The van der Waals surface area contributed by atoms with E-state index < -0.39 is 0 Å². The van der Waals surface area contributed by atoms with Crippen molar-refractivity contribution in [1.82, 2.24) is 10.6 Å². The molecule has 0 spiro atoms. The smallest absolute Gasteiger partial charge is 0.251 e. The molecule has 0 aromatic heterocycles. The largest absolute Gasteiger partial charge is 0.352 e. The standard InChI is InChI=1S/C14H21N3O2/c1-3-4-8-16-14(19)11-6-5-7-12(9-11)17-13(18)10-15-2/h5-7,9,15H,3-4,8,10H2,1-2H3,(H,16,19)(H,17,18). The summed E-state index contributed by atoms with van der Waals surface area (Å²) >= 11 is 0. The average molecular weight is 263 g/mol. The quantitative estimate of drug-likeness (QED) is 0.651. The summed E-state index contributed by atoms with van der Waals surface area (Å²) in [5, 5.41) is 8.33. The Kier molecular flexibility index (Phi) is 6.60. The number of nitrogens with one attached hydrogen (secondary N) is 3. The van der Waals surface area contributed by atoms with Crippen LogP contribution in [0.5, 0.6) is 0 Å². The van der Waals surface area contributed by atoms with E-state index in [0.29, 0.717) is 17.8 Å². The minimum absolute atomic E-state index is 0.113. The second kappa shape index (κ2) is 8.26. The molecule has 0 saturated carbocycles. The van der Waals surface area contributed by atoms with Crippen LogP contribution in [-0.2, 0) is 4.79 Å². The zero-order valence-corrected chi connectivity index (χ0v) is 11.5. The van der Waals surface area contributed by atoms with Gasteiger partial charge in [-0.2, -0.15) is 0 Å². The van der Waals surface area contributed by atoms with Gasteiger partial charge in [-0.25, -0.2) is 0 Å². The fraction of sp³-hybridized carbons (Fsp3) is 0.429. The van der Waals surface area contributed by atoms with Gasteiger partial charge in [-0.3, -0.25) is 9.59 Å². The summed E-state index contributed by atoms with van der Waals surface area (Å²) < 4.78 is 0. The van der Waals surface area contributed by atoms with Crippen LogP contribution in [0.2, 0.25) is 0 Å². The van der Waals surface area contributed by atoms with Crippen molar-refractivity contribution >= 4 is 17.5 Å². The van der Waals surface area contributed by atoms with Crippen LogP contribution in [0.25, 0.3) is 0 Å². The zero-order chi connectivity index (χ0) is 14.1. The van der Waals surface area contributed by atoms with Crippen LogP contribution in [-0.4, -0.2) is 32.0 Å². The van der Waals surface area contributed by atoms with Crippen LogP contribution in [0.15, 0.2) is 24.3 Å². The fourth-order valence-corrected chi connectivity index (χ4v) is 1.58. The summed E-state index contributed by atoms with van der Waals surface area (Å²) in [5.41, 5.74) is 1.18. The number of hydrogen-bond donors (Lipinski definition) is 3. The molecule has 0 aliphatic heterocycles. The molecule has 19 heavy (non-hydrogen) atoms. The first kappa shape index (κ1) is 15.2. The minimum Gasteiger partial charge on any atom is -0.352 e. The van der Waals surface area contributed by atoms with Gasteiger partial charge in [0.25, 0.3) is 5.91 Å². The van der Waals surface area contributed by atoms with E-state index in [-0.39, 0.29) is 18.4 Å². The van der Waals surface area contributed by atoms with Crippen molar-refractivity contribution in [1.29, 1.82) is 0 Å². The Balaban J connectivity index is 2.60. The Morgan fingerprint density at radius 1 is 1.26 bits per heavy atom. The normalized spacial score (nSPS) is 10.0. The number of amides is 2. The molecule has 1 aromatic rings. The van der Waals surface area contributed by atoms with Gasteiger partial charge in [0, 0.05) is 17.8 Å². The highest BCUT2D eigenvalue weighted by molar-refractivity contribution is 5.97. The molecule has 1 rings (SSSR count). The van der Waals surface area contributed by atoms with Crippen LogP contribution in [0.3, 0.4) is 0 Å². The molecule has 0 atom stereocenters. The maximum Gasteiger partial charge on any atom is 0.251 e. The summed E-state index contributed by atoms with van der Waals surface area (Å²) in [4.78, 5) is 23.3. The second-order valence-electron chi connectivity index (χ2n) is 4.27. The number of unbranched alkanes of at least 4 members (excludes halogenated alkanes) is 1. The number of likely N-dealkylation sites (N-methyl/N-ethyl adjacent to an activating group) is 1. The topological polar surface area (TPSA) is 70.2 Å². The number of benzene rings is 1. The Morgan fingerprint density at radius 2 is 2.05 bits per heavy atom. The molecule has 5 nitrogen and oxygen atoms in total. The lowest BCUT2D eigenvalue weighted by atomic mass is 10.2. The highest BCUT2D eigenvalue weighted by Gasteiger charge is 2.06. The molecule has 0 radical (unpaired) electrons. The van der Waals surface area contributed by atoms with Gasteiger partial charge in [0.2, 0.25) is 5.91 Å². The monoisotopic (exact) mass is 263 g/mol.